The van der Waals surface area contributed by atoms with Gasteiger partial charge in [-0.1, -0.05) is 11.6 Å². The highest BCUT2D eigenvalue weighted by molar-refractivity contribution is 7.92. The topological polar surface area (TPSA) is 83.6 Å². The van der Waals surface area contributed by atoms with Gasteiger partial charge in [-0.15, -0.1) is 0 Å². The first-order chi connectivity index (χ1) is 13.0. The van der Waals surface area contributed by atoms with E-state index in [0.29, 0.717) is 6.07 Å². The molecule has 1 aliphatic rings. The summed E-state index contributed by atoms with van der Waals surface area (Å²) in [5.41, 5.74) is -1.27. The number of nitrogens with zero attached hydrogens (tertiary/aromatic N) is 1. The first kappa shape index (κ1) is 20.2. The van der Waals surface area contributed by atoms with Crippen LogP contribution in [-0.4, -0.2) is 20.2 Å². The number of hydrogen-bond acceptors (Lipinski definition) is 4. The Labute approximate surface area is 163 Å². The fourth-order valence-corrected chi connectivity index (χ4v) is 3.93. The summed E-state index contributed by atoms with van der Waals surface area (Å²) in [6.45, 7) is 0. The molecule has 2 amide bonds. The Morgan fingerprint density at radius 1 is 0.964 bits per heavy atom. The van der Waals surface area contributed by atoms with Crippen molar-refractivity contribution < 1.29 is 31.2 Å². The second-order valence-corrected chi connectivity index (χ2v) is 8.00. The van der Waals surface area contributed by atoms with Crippen molar-refractivity contribution in [2.75, 3.05) is 9.62 Å². The van der Waals surface area contributed by atoms with Gasteiger partial charge in [-0.3, -0.25) is 19.2 Å². The van der Waals surface area contributed by atoms with Crippen molar-refractivity contribution in [3.05, 3.63) is 53.1 Å². The molecule has 1 N–H and O–H groups in total. The van der Waals surface area contributed by atoms with Gasteiger partial charge >= 0.3 is 6.18 Å². The van der Waals surface area contributed by atoms with Gasteiger partial charge < -0.3 is 0 Å². The maximum Gasteiger partial charge on any atom is 0.417 e. The normalized spacial score (nSPS) is 15.2. The van der Waals surface area contributed by atoms with Crippen LogP contribution in [0.3, 0.4) is 0 Å². The van der Waals surface area contributed by atoms with E-state index in [1.54, 1.807) is 0 Å². The van der Waals surface area contributed by atoms with Crippen molar-refractivity contribution in [1.82, 2.24) is 0 Å². The molecule has 0 saturated carbocycles. The average molecular weight is 433 g/mol. The standard InChI is InChI=1S/C17H12ClF3N2O4S/c18-14-6-1-10(9-13(14)17(19,20)21)22-28(26,27)12-4-2-11(3-5-12)23-15(24)7-8-16(23)25/h1-6,9,22H,7-8H2. The first-order valence-electron chi connectivity index (χ1n) is 7.84. The van der Waals surface area contributed by atoms with Gasteiger partial charge in [0.2, 0.25) is 11.8 Å². The molecule has 148 valence electrons. The fraction of sp³-hybridized carbons (Fsp3) is 0.176. The van der Waals surface area contributed by atoms with Crippen molar-refractivity contribution in [2.45, 2.75) is 23.9 Å². The summed E-state index contributed by atoms with van der Waals surface area (Å²) in [5.74, 6) is -0.779. The Morgan fingerprint density at radius 3 is 2.07 bits per heavy atom. The number of nitrogens with one attached hydrogen (secondary N) is 1. The maximum absolute atomic E-state index is 12.9. The Bertz CT molecular complexity index is 1040. The van der Waals surface area contributed by atoms with Gasteiger partial charge in [0, 0.05) is 18.5 Å². The SMILES string of the molecule is O=C1CCC(=O)N1c1ccc(S(=O)(=O)Nc2ccc(Cl)c(C(F)(F)F)c2)cc1. The van der Waals surface area contributed by atoms with Crippen LogP contribution < -0.4 is 9.62 Å². The number of hydrogen-bond donors (Lipinski definition) is 1. The van der Waals surface area contributed by atoms with Crippen LogP contribution in [0.5, 0.6) is 0 Å². The number of sulfonamides is 1. The molecule has 28 heavy (non-hydrogen) atoms. The molecule has 0 aromatic heterocycles. The number of amides is 2. The number of anilines is 2. The lowest BCUT2D eigenvalue weighted by Crippen LogP contribution is -2.28. The fourth-order valence-electron chi connectivity index (χ4n) is 2.66. The van der Waals surface area contributed by atoms with Gasteiger partial charge in [0.25, 0.3) is 10.0 Å². The minimum atomic E-state index is -4.74. The lowest BCUT2D eigenvalue weighted by Gasteiger charge is -2.15. The second-order valence-electron chi connectivity index (χ2n) is 5.91. The zero-order valence-corrected chi connectivity index (χ0v) is 15.5. The van der Waals surface area contributed by atoms with Crippen molar-refractivity contribution in [1.29, 1.82) is 0 Å². The summed E-state index contributed by atoms with van der Waals surface area (Å²) in [6, 6.07) is 7.49. The Morgan fingerprint density at radius 2 is 1.54 bits per heavy atom. The summed E-state index contributed by atoms with van der Waals surface area (Å²) < 4.78 is 65.7. The summed E-state index contributed by atoms with van der Waals surface area (Å²) in [7, 11) is -4.20. The zero-order valence-electron chi connectivity index (χ0n) is 14.0. The van der Waals surface area contributed by atoms with Crippen LogP contribution in [-0.2, 0) is 25.8 Å². The second kappa shape index (κ2) is 7.10. The van der Waals surface area contributed by atoms with Gasteiger partial charge in [0.1, 0.15) is 0 Å². The Balaban J connectivity index is 1.86. The molecule has 0 unspecified atom stereocenters. The van der Waals surface area contributed by atoms with Gasteiger partial charge in [0.15, 0.2) is 0 Å². The molecule has 0 bridgehead atoms. The van der Waals surface area contributed by atoms with Crippen LogP contribution in [0.4, 0.5) is 24.5 Å². The molecule has 1 saturated heterocycles. The molecule has 1 fully saturated rings. The number of halogens is 4. The van der Waals surface area contributed by atoms with Gasteiger partial charge in [-0.2, -0.15) is 13.2 Å². The van der Waals surface area contributed by atoms with E-state index in [1.807, 2.05) is 4.72 Å². The van der Waals surface area contributed by atoms with E-state index < -0.39 is 26.8 Å². The van der Waals surface area contributed by atoms with Crippen molar-refractivity contribution >= 4 is 44.8 Å². The lowest BCUT2D eigenvalue weighted by atomic mass is 10.2. The highest BCUT2D eigenvalue weighted by atomic mass is 35.5. The summed E-state index contributed by atoms with van der Waals surface area (Å²) in [4.78, 5) is 24.1. The number of imide groups is 1. The van der Waals surface area contributed by atoms with E-state index in [1.165, 1.54) is 12.1 Å². The van der Waals surface area contributed by atoms with E-state index in [-0.39, 0.29) is 40.9 Å². The molecule has 0 radical (unpaired) electrons. The van der Waals surface area contributed by atoms with E-state index in [0.717, 1.165) is 29.2 Å². The smallest absolute Gasteiger partial charge is 0.280 e. The predicted molar refractivity (Wildman–Crippen MR) is 95.4 cm³/mol. The number of benzene rings is 2. The third kappa shape index (κ3) is 3.97. The molecule has 2 aromatic carbocycles. The van der Waals surface area contributed by atoms with Gasteiger partial charge in [-0.25, -0.2) is 8.42 Å². The van der Waals surface area contributed by atoms with Crippen LogP contribution in [0.1, 0.15) is 18.4 Å². The highest BCUT2D eigenvalue weighted by Crippen LogP contribution is 2.36. The number of carbonyl (C=O) groups excluding carboxylic acids is 2. The maximum atomic E-state index is 12.9. The van der Waals surface area contributed by atoms with Crippen LogP contribution >= 0.6 is 11.6 Å². The summed E-state index contributed by atoms with van der Waals surface area (Å²) in [6.07, 6.45) is -4.58. The van der Waals surface area contributed by atoms with Crippen LogP contribution in [0, 0.1) is 0 Å². The summed E-state index contributed by atoms with van der Waals surface area (Å²) in [5, 5.41) is -0.556. The van der Waals surface area contributed by atoms with Crippen LogP contribution in [0.2, 0.25) is 5.02 Å². The van der Waals surface area contributed by atoms with E-state index >= 15 is 0 Å². The summed E-state index contributed by atoms with van der Waals surface area (Å²) >= 11 is 5.52. The number of carbonyl (C=O) groups is 2. The zero-order chi connectivity index (χ0) is 20.7. The molecule has 0 atom stereocenters. The Hall–Kier alpha value is -2.59. The van der Waals surface area contributed by atoms with Crippen molar-refractivity contribution in [2.24, 2.45) is 0 Å². The molecule has 0 spiro atoms. The van der Waals surface area contributed by atoms with Crippen molar-refractivity contribution in [3.63, 3.8) is 0 Å². The van der Waals surface area contributed by atoms with E-state index in [9.17, 15) is 31.2 Å². The minimum absolute atomic E-state index is 0.0819. The third-order valence-electron chi connectivity index (χ3n) is 3.98. The number of alkyl halides is 3. The van der Waals surface area contributed by atoms with Crippen molar-refractivity contribution in [3.8, 4) is 0 Å². The highest BCUT2D eigenvalue weighted by Gasteiger charge is 2.34. The molecule has 1 heterocycles. The van der Waals surface area contributed by atoms with Crippen LogP contribution in [0.15, 0.2) is 47.4 Å². The molecule has 2 aromatic rings. The monoisotopic (exact) mass is 432 g/mol. The molecule has 1 aliphatic heterocycles. The molecular weight excluding hydrogens is 421 g/mol. The first-order valence-corrected chi connectivity index (χ1v) is 9.70. The molecule has 11 heteroatoms. The lowest BCUT2D eigenvalue weighted by molar-refractivity contribution is -0.137. The molecule has 3 rings (SSSR count). The largest absolute Gasteiger partial charge is 0.417 e. The van der Waals surface area contributed by atoms with E-state index in [2.05, 4.69) is 0 Å². The minimum Gasteiger partial charge on any atom is -0.280 e. The Kier molecular flexibility index (Phi) is 5.11. The van der Waals surface area contributed by atoms with E-state index in [4.69, 9.17) is 11.6 Å². The molecular formula is C17H12ClF3N2O4S. The van der Waals surface area contributed by atoms with Gasteiger partial charge in [-0.05, 0) is 42.5 Å². The average Bonchev–Trinajstić information content (AvgIpc) is 2.94. The molecule has 6 nitrogen and oxygen atoms in total. The van der Waals surface area contributed by atoms with Crippen LogP contribution in [0.25, 0.3) is 0 Å². The number of rotatable bonds is 4. The third-order valence-corrected chi connectivity index (χ3v) is 5.71. The molecule has 0 aliphatic carbocycles. The van der Waals surface area contributed by atoms with Gasteiger partial charge in [0.05, 0.1) is 21.2 Å². The quantitative estimate of drug-likeness (QED) is 0.744. The predicted octanol–water partition coefficient (Wildman–Crippen LogP) is 3.81.